The van der Waals surface area contributed by atoms with E-state index in [1.165, 1.54) is 0 Å². The molecule has 1 atom stereocenters. The largest absolute Gasteiger partial charge is 0.497 e. The number of amides is 1. The summed E-state index contributed by atoms with van der Waals surface area (Å²) in [5.41, 5.74) is 2.79. The van der Waals surface area contributed by atoms with Gasteiger partial charge < -0.3 is 9.64 Å². The molecule has 0 aliphatic heterocycles. The van der Waals surface area contributed by atoms with Crippen LogP contribution in [0.5, 0.6) is 5.75 Å². The van der Waals surface area contributed by atoms with Crippen LogP contribution in [0, 0.1) is 6.92 Å². The average Bonchev–Trinajstić information content (AvgIpc) is 2.85. The number of rotatable bonds is 6. The molecule has 0 saturated carbocycles. The highest BCUT2D eigenvalue weighted by atomic mass is 16.5. The standard InChI is InChI=1S/C27H27N3O3/c1-5-24(29(3)26(31)19-12-10-18(2)11-13-19)25-28-23-9-7-6-8-22(23)27(32)30(25)20-14-16-21(33-4)17-15-20/h6-17,24H,5H2,1-4H3. The van der Waals surface area contributed by atoms with Gasteiger partial charge in [-0.05, 0) is 61.9 Å². The molecule has 6 nitrogen and oxygen atoms in total. The number of methoxy groups -OCH3 is 1. The van der Waals surface area contributed by atoms with Crippen molar-refractivity contribution in [3.8, 4) is 11.4 Å². The number of aryl methyl sites for hydroxylation is 1. The second-order valence-corrected chi connectivity index (χ2v) is 8.03. The van der Waals surface area contributed by atoms with Crippen LogP contribution in [0.15, 0.2) is 77.6 Å². The molecule has 4 aromatic rings. The van der Waals surface area contributed by atoms with Crippen molar-refractivity contribution in [1.82, 2.24) is 14.5 Å². The minimum Gasteiger partial charge on any atom is -0.497 e. The molecule has 168 valence electrons. The number of carbonyl (C=O) groups is 1. The van der Waals surface area contributed by atoms with Crippen molar-refractivity contribution in [3.05, 3.63) is 100 Å². The van der Waals surface area contributed by atoms with E-state index < -0.39 is 6.04 Å². The third-order valence-corrected chi connectivity index (χ3v) is 5.90. The first-order valence-electron chi connectivity index (χ1n) is 10.9. The molecule has 0 spiro atoms. The Labute approximate surface area is 193 Å². The molecule has 33 heavy (non-hydrogen) atoms. The van der Waals surface area contributed by atoms with E-state index >= 15 is 0 Å². The molecular weight excluding hydrogens is 414 g/mol. The summed E-state index contributed by atoms with van der Waals surface area (Å²) in [5, 5.41) is 0.527. The normalized spacial score (nSPS) is 11.9. The molecule has 6 heteroatoms. The van der Waals surface area contributed by atoms with Crippen molar-refractivity contribution in [2.45, 2.75) is 26.3 Å². The molecule has 1 aromatic heterocycles. The lowest BCUT2D eigenvalue weighted by Crippen LogP contribution is -2.36. The van der Waals surface area contributed by atoms with Crippen LogP contribution in [0.2, 0.25) is 0 Å². The second kappa shape index (κ2) is 9.28. The smallest absolute Gasteiger partial charge is 0.266 e. The fourth-order valence-corrected chi connectivity index (χ4v) is 4.03. The number of ether oxygens (including phenoxy) is 1. The monoisotopic (exact) mass is 441 g/mol. The van der Waals surface area contributed by atoms with Crippen LogP contribution < -0.4 is 10.3 Å². The van der Waals surface area contributed by atoms with Gasteiger partial charge in [-0.25, -0.2) is 4.98 Å². The molecule has 0 fully saturated rings. The van der Waals surface area contributed by atoms with Crippen LogP contribution in [0.25, 0.3) is 16.6 Å². The molecule has 0 aliphatic carbocycles. The number of benzene rings is 3. The topological polar surface area (TPSA) is 64.4 Å². The van der Waals surface area contributed by atoms with Crippen LogP contribution in [-0.4, -0.2) is 34.5 Å². The Bertz CT molecular complexity index is 1340. The zero-order valence-electron chi connectivity index (χ0n) is 19.3. The maximum atomic E-state index is 13.6. The van der Waals surface area contributed by atoms with Gasteiger partial charge in [0.25, 0.3) is 11.5 Å². The quantitative estimate of drug-likeness (QED) is 0.426. The molecule has 1 heterocycles. The van der Waals surface area contributed by atoms with Crippen molar-refractivity contribution >= 4 is 16.8 Å². The molecular formula is C27H27N3O3. The predicted molar refractivity (Wildman–Crippen MR) is 130 cm³/mol. The van der Waals surface area contributed by atoms with Crippen LogP contribution in [-0.2, 0) is 0 Å². The van der Waals surface area contributed by atoms with Crippen LogP contribution in [0.4, 0.5) is 0 Å². The van der Waals surface area contributed by atoms with Crippen molar-refractivity contribution in [3.63, 3.8) is 0 Å². The average molecular weight is 442 g/mol. The molecule has 0 N–H and O–H groups in total. The van der Waals surface area contributed by atoms with Gasteiger partial charge in [-0.2, -0.15) is 0 Å². The van der Waals surface area contributed by atoms with E-state index in [1.807, 2.05) is 80.6 Å². The van der Waals surface area contributed by atoms with E-state index in [2.05, 4.69) is 0 Å². The lowest BCUT2D eigenvalue weighted by Gasteiger charge is -2.29. The maximum Gasteiger partial charge on any atom is 0.266 e. The zero-order chi connectivity index (χ0) is 23.5. The zero-order valence-corrected chi connectivity index (χ0v) is 19.3. The summed E-state index contributed by atoms with van der Waals surface area (Å²) in [4.78, 5) is 33.5. The number of nitrogens with zero attached hydrogens (tertiary/aromatic N) is 3. The van der Waals surface area contributed by atoms with E-state index in [-0.39, 0.29) is 11.5 Å². The predicted octanol–water partition coefficient (Wildman–Crippen LogP) is 4.93. The van der Waals surface area contributed by atoms with E-state index in [1.54, 1.807) is 29.7 Å². The summed E-state index contributed by atoms with van der Waals surface area (Å²) in [6, 6.07) is 21.6. The van der Waals surface area contributed by atoms with Gasteiger partial charge >= 0.3 is 0 Å². The van der Waals surface area contributed by atoms with Crippen molar-refractivity contribution in [2.24, 2.45) is 0 Å². The first-order chi connectivity index (χ1) is 15.9. The highest BCUT2D eigenvalue weighted by Gasteiger charge is 2.27. The van der Waals surface area contributed by atoms with Crippen molar-refractivity contribution in [1.29, 1.82) is 0 Å². The summed E-state index contributed by atoms with van der Waals surface area (Å²) in [7, 11) is 3.36. The Kier molecular flexibility index (Phi) is 6.27. The van der Waals surface area contributed by atoms with Gasteiger partial charge in [0.15, 0.2) is 0 Å². The van der Waals surface area contributed by atoms with Crippen LogP contribution in [0.3, 0.4) is 0 Å². The second-order valence-electron chi connectivity index (χ2n) is 8.03. The van der Waals surface area contributed by atoms with Gasteiger partial charge in [0.2, 0.25) is 0 Å². The number of para-hydroxylation sites is 1. The Balaban J connectivity index is 1.88. The molecule has 0 bridgehead atoms. The molecule has 0 aliphatic rings. The van der Waals surface area contributed by atoms with E-state index in [9.17, 15) is 9.59 Å². The minimum atomic E-state index is -0.404. The summed E-state index contributed by atoms with van der Waals surface area (Å²) >= 11 is 0. The molecule has 1 unspecified atom stereocenters. The lowest BCUT2D eigenvalue weighted by molar-refractivity contribution is 0.0717. The fraction of sp³-hybridized carbons (Fsp3) is 0.222. The summed E-state index contributed by atoms with van der Waals surface area (Å²) in [5.74, 6) is 1.10. The van der Waals surface area contributed by atoms with Gasteiger partial charge in [0, 0.05) is 12.6 Å². The van der Waals surface area contributed by atoms with Gasteiger partial charge in [-0.1, -0.05) is 36.8 Å². The Morgan fingerprint density at radius 3 is 2.33 bits per heavy atom. The highest BCUT2D eigenvalue weighted by Crippen LogP contribution is 2.27. The molecule has 0 radical (unpaired) electrons. The SMILES string of the molecule is CCC(c1nc2ccccc2c(=O)n1-c1ccc(OC)cc1)N(C)C(=O)c1ccc(C)cc1. The molecule has 1 amide bonds. The van der Waals surface area contributed by atoms with Crippen molar-refractivity contribution in [2.75, 3.05) is 14.2 Å². The summed E-state index contributed by atoms with van der Waals surface area (Å²) < 4.78 is 6.88. The Hall–Kier alpha value is -3.93. The first kappa shape index (κ1) is 22.3. The summed E-state index contributed by atoms with van der Waals surface area (Å²) in [6.07, 6.45) is 0.592. The maximum absolute atomic E-state index is 13.6. The number of aromatic nitrogens is 2. The van der Waals surface area contributed by atoms with Gasteiger partial charge in [-0.15, -0.1) is 0 Å². The van der Waals surface area contributed by atoms with Crippen LogP contribution in [0.1, 0.15) is 41.1 Å². The van der Waals surface area contributed by atoms with Crippen molar-refractivity contribution < 1.29 is 9.53 Å². The number of hydrogen-bond donors (Lipinski definition) is 0. The number of hydrogen-bond acceptors (Lipinski definition) is 4. The van der Waals surface area contributed by atoms with Gasteiger partial charge in [-0.3, -0.25) is 14.2 Å². The molecule has 4 rings (SSSR count). The Morgan fingerprint density at radius 2 is 1.70 bits per heavy atom. The van der Waals surface area contributed by atoms with E-state index in [0.717, 1.165) is 5.56 Å². The molecule has 3 aromatic carbocycles. The number of carbonyl (C=O) groups excluding carboxylic acids is 1. The lowest BCUT2D eigenvalue weighted by atomic mass is 10.1. The minimum absolute atomic E-state index is 0.120. The fourth-order valence-electron chi connectivity index (χ4n) is 4.03. The number of fused-ring (bicyclic) bond motifs is 1. The third-order valence-electron chi connectivity index (χ3n) is 5.90. The third kappa shape index (κ3) is 4.24. The molecule has 0 saturated heterocycles. The van der Waals surface area contributed by atoms with E-state index in [4.69, 9.17) is 9.72 Å². The highest BCUT2D eigenvalue weighted by molar-refractivity contribution is 5.94. The van der Waals surface area contributed by atoms with Gasteiger partial charge in [0.05, 0.1) is 29.7 Å². The van der Waals surface area contributed by atoms with E-state index in [0.29, 0.717) is 40.1 Å². The Morgan fingerprint density at radius 1 is 1.03 bits per heavy atom. The van der Waals surface area contributed by atoms with Crippen LogP contribution >= 0.6 is 0 Å². The van der Waals surface area contributed by atoms with Gasteiger partial charge in [0.1, 0.15) is 11.6 Å². The summed E-state index contributed by atoms with van der Waals surface area (Å²) in [6.45, 7) is 3.97. The first-order valence-corrected chi connectivity index (χ1v) is 10.9.